The molecule has 132 valence electrons. The Balaban J connectivity index is 1.81. The first-order valence-electron chi connectivity index (χ1n) is 8.18. The van der Waals surface area contributed by atoms with Gasteiger partial charge in [0.1, 0.15) is 5.69 Å². The molecule has 26 heavy (non-hydrogen) atoms. The Morgan fingerprint density at radius 2 is 1.69 bits per heavy atom. The highest BCUT2D eigenvalue weighted by atomic mass is 35.5. The summed E-state index contributed by atoms with van der Waals surface area (Å²) in [6.45, 7) is 5.92. The summed E-state index contributed by atoms with van der Waals surface area (Å²) < 4.78 is 0. The number of hydrogen-bond donors (Lipinski definition) is 2. The van der Waals surface area contributed by atoms with Crippen molar-refractivity contribution in [2.75, 3.05) is 10.6 Å². The van der Waals surface area contributed by atoms with E-state index < -0.39 is 0 Å². The van der Waals surface area contributed by atoms with Crippen LogP contribution in [0.3, 0.4) is 0 Å². The Bertz CT molecular complexity index is 972. The quantitative estimate of drug-likeness (QED) is 0.678. The Hall–Kier alpha value is -2.92. The lowest BCUT2D eigenvalue weighted by Crippen LogP contribution is -2.15. The van der Waals surface area contributed by atoms with Gasteiger partial charge in [-0.3, -0.25) is 4.79 Å². The van der Waals surface area contributed by atoms with Crippen LogP contribution in [0.25, 0.3) is 0 Å². The van der Waals surface area contributed by atoms with E-state index in [0.717, 1.165) is 16.8 Å². The van der Waals surface area contributed by atoms with Gasteiger partial charge in [-0.25, -0.2) is 9.97 Å². The maximum atomic E-state index is 12.5. The third kappa shape index (κ3) is 3.83. The zero-order valence-corrected chi connectivity index (χ0v) is 15.6. The fraction of sp³-hybridized carbons (Fsp3) is 0.150. The summed E-state index contributed by atoms with van der Waals surface area (Å²) in [5.74, 6) is 0.0518. The molecule has 0 spiro atoms. The Labute approximate surface area is 157 Å². The largest absolute Gasteiger partial charge is 0.324 e. The topological polar surface area (TPSA) is 66.9 Å². The average molecular weight is 367 g/mol. The van der Waals surface area contributed by atoms with Gasteiger partial charge in [-0.05, 0) is 61.7 Å². The standard InChI is InChI=1S/C20H19ClN4O/c1-12-6-4-8-16(13(12)2)24-20-22-11-10-18(25-20)19(26)23-17-9-5-7-15(21)14(17)3/h4-11H,1-3H3,(H,23,26)(H,22,24,25). The smallest absolute Gasteiger partial charge is 0.274 e. The minimum atomic E-state index is -0.318. The Morgan fingerprint density at radius 1 is 0.962 bits per heavy atom. The predicted octanol–water partition coefficient (Wildman–Crippen LogP) is 5.05. The number of aryl methyl sites for hydroxylation is 1. The normalized spacial score (nSPS) is 10.5. The minimum Gasteiger partial charge on any atom is -0.324 e. The first kappa shape index (κ1) is 17.9. The van der Waals surface area contributed by atoms with Crippen LogP contribution in [0.5, 0.6) is 0 Å². The maximum absolute atomic E-state index is 12.5. The highest BCUT2D eigenvalue weighted by Crippen LogP contribution is 2.24. The van der Waals surface area contributed by atoms with Gasteiger partial charge >= 0.3 is 0 Å². The summed E-state index contributed by atoms with van der Waals surface area (Å²) >= 11 is 6.10. The van der Waals surface area contributed by atoms with Gasteiger partial charge in [0.2, 0.25) is 5.95 Å². The molecule has 6 heteroatoms. The molecule has 0 saturated carbocycles. The molecule has 1 heterocycles. The van der Waals surface area contributed by atoms with Crippen molar-refractivity contribution in [2.45, 2.75) is 20.8 Å². The number of hydrogen-bond acceptors (Lipinski definition) is 4. The number of benzene rings is 2. The molecule has 0 aliphatic carbocycles. The zero-order valence-electron chi connectivity index (χ0n) is 14.8. The second-order valence-electron chi connectivity index (χ2n) is 6.00. The molecule has 2 N–H and O–H groups in total. The SMILES string of the molecule is Cc1cccc(Nc2nccc(C(=O)Nc3cccc(Cl)c3C)n2)c1C. The summed E-state index contributed by atoms with van der Waals surface area (Å²) in [7, 11) is 0. The molecule has 0 bridgehead atoms. The first-order chi connectivity index (χ1) is 12.5. The molecule has 3 aromatic rings. The van der Waals surface area contributed by atoms with Crippen LogP contribution in [0.4, 0.5) is 17.3 Å². The van der Waals surface area contributed by atoms with Crippen LogP contribution in [0, 0.1) is 20.8 Å². The molecule has 0 saturated heterocycles. The Kier molecular flexibility index (Phi) is 5.19. The van der Waals surface area contributed by atoms with Crippen LogP contribution in [0.2, 0.25) is 5.02 Å². The molecule has 2 aromatic carbocycles. The monoisotopic (exact) mass is 366 g/mol. The number of anilines is 3. The van der Waals surface area contributed by atoms with Crippen LogP contribution in [0.1, 0.15) is 27.2 Å². The average Bonchev–Trinajstić information content (AvgIpc) is 2.63. The molecule has 0 unspecified atom stereocenters. The molecule has 1 amide bonds. The van der Waals surface area contributed by atoms with Crippen LogP contribution < -0.4 is 10.6 Å². The van der Waals surface area contributed by atoms with Gasteiger partial charge in [0.25, 0.3) is 5.91 Å². The first-order valence-corrected chi connectivity index (χ1v) is 8.56. The van der Waals surface area contributed by atoms with E-state index in [4.69, 9.17) is 11.6 Å². The van der Waals surface area contributed by atoms with Crippen LogP contribution >= 0.6 is 11.6 Å². The van der Waals surface area contributed by atoms with E-state index in [1.54, 1.807) is 30.5 Å². The number of aromatic nitrogens is 2. The lowest BCUT2D eigenvalue weighted by atomic mass is 10.1. The summed E-state index contributed by atoms with van der Waals surface area (Å²) in [5.41, 5.74) is 4.93. The number of nitrogens with one attached hydrogen (secondary N) is 2. The predicted molar refractivity (Wildman–Crippen MR) is 105 cm³/mol. The van der Waals surface area contributed by atoms with E-state index in [2.05, 4.69) is 20.6 Å². The van der Waals surface area contributed by atoms with Crippen molar-refractivity contribution in [1.29, 1.82) is 0 Å². The molecular weight excluding hydrogens is 348 g/mol. The number of carbonyl (C=O) groups is 1. The third-order valence-corrected chi connectivity index (χ3v) is 4.66. The number of rotatable bonds is 4. The Morgan fingerprint density at radius 3 is 2.50 bits per heavy atom. The number of amides is 1. The number of carbonyl (C=O) groups excluding carboxylic acids is 1. The highest BCUT2D eigenvalue weighted by Gasteiger charge is 2.12. The van der Waals surface area contributed by atoms with Crippen molar-refractivity contribution in [3.05, 3.63) is 76.1 Å². The second-order valence-corrected chi connectivity index (χ2v) is 6.41. The number of nitrogens with zero attached hydrogens (tertiary/aromatic N) is 2. The summed E-state index contributed by atoms with van der Waals surface area (Å²) in [6, 6.07) is 12.9. The lowest BCUT2D eigenvalue weighted by Gasteiger charge is -2.11. The molecular formula is C20H19ClN4O. The van der Waals surface area contributed by atoms with E-state index >= 15 is 0 Å². The molecule has 0 aliphatic rings. The van der Waals surface area contributed by atoms with Gasteiger partial charge in [0.05, 0.1) is 0 Å². The highest BCUT2D eigenvalue weighted by molar-refractivity contribution is 6.31. The van der Waals surface area contributed by atoms with Crippen molar-refractivity contribution in [3.63, 3.8) is 0 Å². The van der Waals surface area contributed by atoms with E-state index in [1.165, 1.54) is 5.56 Å². The second kappa shape index (κ2) is 7.54. The number of halogens is 1. The lowest BCUT2D eigenvalue weighted by molar-refractivity contribution is 0.102. The van der Waals surface area contributed by atoms with Crippen LogP contribution in [-0.2, 0) is 0 Å². The van der Waals surface area contributed by atoms with Gasteiger partial charge in [-0.15, -0.1) is 0 Å². The molecule has 0 fully saturated rings. The van der Waals surface area contributed by atoms with Crippen LogP contribution in [-0.4, -0.2) is 15.9 Å². The molecule has 0 atom stereocenters. The van der Waals surface area contributed by atoms with Gasteiger partial charge in [0.15, 0.2) is 0 Å². The minimum absolute atomic E-state index is 0.271. The van der Waals surface area contributed by atoms with E-state index in [1.807, 2.05) is 39.0 Å². The van der Waals surface area contributed by atoms with E-state index in [-0.39, 0.29) is 11.6 Å². The molecule has 3 rings (SSSR count). The van der Waals surface area contributed by atoms with Crippen LogP contribution in [0.15, 0.2) is 48.7 Å². The van der Waals surface area contributed by atoms with Gasteiger partial charge in [-0.1, -0.05) is 29.8 Å². The third-order valence-electron chi connectivity index (χ3n) is 4.26. The molecule has 0 radical (unpaired) electrons. The van der Waals surface area contributed by atoms with Gasteiger partial charge < -0.3 is 10.6 Å². The van der Waals surface area contributed by atoms with Crippen molar-refractivity contribution >= 4 is 34.8 Å². The summed E-state index contributed by atoms with van der Waals surface area (Å²) in [5, 5.41) is 6.61. The van der Waals surface area contributed by atoms with Crippen molar-refractivity contribution in [3.8, 4) is 0 Å². The maximum Gasteiger partial charge on any atom is 0.274 e. The van der Waals surface area contributed by atoms with Crippen molar-refractivity contribution in [2.24, 2.45) is 0 Å². The molecule has 1 aromatic heterocycles. The zero-order chi connectivity index (χ0) is 18.7. The fourth-order valence-corrected chi connectivity index (χ4v) is 2.66. The fourth-order valence-electron chi connectivity index (χ4n) is 2.48. The van der Waals surface area contributed by atoms with E-state index in [9.17, 15) is 4.79 Å². The summed E-state index contributed by atoms with van der Waals surface area (Å²) in [4.78, 5) is 21.1. The molecule has 5 nitrogen and oxygen atoms in total. The van der Waals surface area contributed by atoms with E-state index in [0.29, 0.717) is 16.7 Å². The summed E-state index contributed by atoms with van der Waals surface area (Å²) in [6.07, 6.45) is 1.56. The molecule has 0 aliphatic heterocycles. The van der Waals surface area contributed by atoms with Gasteiger partial charge in [-0.2, -0.15) is 0 Å². The van der Waals surface area contributed by atoms with Crippen molar-refractivity contribution in [1.82, 2.24) is 9.97 Å². The van der Waals surface area contributed by atoms with Crippen molar-refractivity contribution < 1.29 is 4.79 Å². The van der Waals surface area contributed by atoms with Gasteiger partial charge in [0, 0.05) is 22.6 Å².